The molecule has 1 atom stereocenters. The van der Waals surface area contributed by atoms with Crippen molar-refractivity contribution in [1.29, 1.82) is 0 Å². The Labute approximate surface area is 179 Å². The molecule has 158 valence electrons. The summed E-state index contributed by atoms with van der Waals surface area (Å²) in [6.45, 7) is 1.23. The van der Waals surface area contributed by atoms with Crippen molar-refractivity contribution in [3.8, 4) is 17.2 Å². The van der Waals surface area contributed by atoms with E-state index in [1.54, 1.807) is 11.8 Å². The van der Waals surface area contributed by atoms with Crippen molar-refractivity contribution in [2.24, 2.45) is 7.05 Å². The zero-order valence-electron chi connectivity index (χ0n) is 17.5. The lowest BCUT2D eigenvalue weighted by molar-refractivity contribution is 0.0698. The van der Waals surface area contributed by atoms with Crippen LogP contribution in [0.1, 0.15) is 35.1 Å². The number of carbonyl (C=O) groups is 1. The molecule has 0 radical (unpaired) electrons. The summed E-state index contributed by atoms with van der Waals surface area (Å²) in [7, 11) is 3.47. The molecule has 31 heavy (non-hydrogen) atoms. The van der Waals surface area contributed by atoms with Gasteiger partial charge in [0.25, 0.3) is 11.8 Å². The number of hydrogen-bond acceptors (Lipinski definition) is 6. The summed E-state index contributed by atoms with van der Waals surface area (Å²) in [6, 6.07) is 15.3. The summed E-state index contributed by atoms with van der Waals surface area (Å²) in [5.41, 5.74) is 2.19. The Morgan fingerprint density at radius 3 is 2.84 bits per heavy atom. The summed E-state index contributed by atoms with van der Waals surface area (Å²) < 4.78 is 12.7. The van der Waals surface area contributed by atoms with Crippen molar-refractivity contribution in [1.82, 2.24) is 24.8 Å². The Kier molecular flexibility index (Phi) is 4.89. The van der Waals surface area contributed by atoms with Crippen LogP contribution in [0.4, 0.5) is 0 Å². The molecule has 8 nitrogen and oxygen atoms in total. The summed E-state index contributed by atoms with van der Waals surface area (Å²) in [5, 5.41) is 9.57. The molecule has 0 bridgehead atoms. The van der Waals surface area contributed by atoms with Crippen molar-refractivity contribution >= 4 is 16.8 Å². The number of aryl methyl sites for hydroxylation is 1. The summed E-state index contributed by atoms with van der Waals surface area (Å²) in [6.07, 6.45) is 1.78. The quantitative estimate of drug-likeness (QED) is 0.504. The molecule has 0 spiro atoms. The highest BCUT2D eigenvalue weighted by molar-refractivity contribution is 6.04. The third-order valence-electron chi connectivity index (χ3n) is 5.81. The van der Waals surface area contributed by atoms with Crippen molar-refractivity contribution in [2.45, 2.75) is 18.8 Å². The number of fused-ring (bicyclic) bond motifs is 1. The molecule has 5 rings (SSSR count). The first-order valence-corrected chi connectivity index (χ1v) is 10.3. The van der Waals surface area contributed by atoms with Gasteiger partial charge in [-0.15, -0.1) is 0 Å². The smallest absolute Gasteiger partial charge is 0.275 e. The van der Waals surface area contributed by atoms with Crippen LogP contribution in [0.15, 0.2) is 53.1 Å². The van der Waals surface area contributed by atoms with Gasteiger partial charge >= 0.3 is 0 Å². The summed E-state index contributed by atoms with van der Waals surface area (Å²) in [4.78, 5) is 19.8. The molecular formula is C23H23N5O3. The monoisotopic (exact) mass is 417 g/mol. The number of methoxy groups -OCH3 is 1. The number of hydrogen-bond donors (Lipinski definition) is 0. The zero-order chi connectivity index (χ0) is 21.4. The SMILES string of the molecule is COc1ccccc1-c1nc(C2CCCN(C(=O)c3nn(C)c4ccccc34)C2)no1. The second kappa shape index (κ2) is 7.86. The van der Waals surface area contributed by atoms with Crippen molar-refractivity contribution < 1.29 is 14.1 Å². The number of para-hydroxylation sites is 2. The van der Waals surface area contributed by atoms with Crippen LogP contribution >= 0.6 is 0 Å². The van der Waals surface area contributed by atoms with Crippen LogP contribution < -0.4 is 4.74 Å². The molecule has 4 aromatic rings. The summed E-state index contributed by atoms with van der Waals surface area (Å²) in [5.74, 6) is 1.67. The van der Waals surface area contributed by atoms with Crippen LogP contribution in [0.2, 0.25) is 0 Å². The van der Waals surface area contributed by atoms with Gasteiger partial charge in [0, 0.05) is 31.4 Å². The Balaban J connectivity index is 1.38. The van der Waals surface area contributed by atoms with E-state index in [1.165, 1.54) is 0 Å². The van der Waals surface area contributed by atoms with E-state index in [0.29, 0.717) is 36.2 Å². The number of amides is 1. The average Bonchev–Trinajstić information content (AvgIpc) is 3.44. The molecule has 1 fully saturated rings. The highest BCUT2D eigenvalue weighted by Gasteiger charge is 2.31. The van der Waals surface area contributed by atoms with Crippen molar-refractivity contribution in [3.63, 3.8) is 0 Å². The van der Waals surface area contributed by atoms with Gasteiger partial charge < -0.3 is 14.2 Å². The number of benzene rings is 2. The lowest BCUT2D eigenvalue weighted by Gasteiger charge is -2.30. The number of piperidine rings is 1. The number of carbonyl (C=O) groups excluding carboxylic acids is 1. The van der Waals surface area contributed by atoms with Gasteiger partial charge in [-0.2, -0.15) is 10.1 Å². The predicted octanol–water partition coefficient (Wildman–Crippen LogP) is 3.65. The van der Waals surface area contributed by atoms with Gasteiger partial charge in [-0.05, 0) is 31.0 Å². The number of aromatic nitrogens is 4. The molecule has 0 aliphatic carbocycles. The third-order valence-corrected chi connectivity index (χ3v) is 5.81. The summed E-state index contributed by atoms with van der Waals surface area (Å²) >= 11 is 0. The van der Waals surface area contributed by atoms with Gasteiger partial charge in [0.05, 0.1) is 18.2 Å². The van der Waals surface area contributed by atoms with E-state index >= 15 is 0 Å². The molecule has 1 saturated heterocycles. The highest BCUT2D eigenvalue weighted by Crippen LogP contribution is 2.32. The van der Waals surface area contributed by atoms with Gasteiger partial charge in [0.1, 0.15) is 5.75 Å². The number of rotatable bonds is 4. The second-order valence-corrected chi connectivity index (χ2v) is 7.74. The minimum Gasteiger partial charge on any atom is -0.496 e. The lowest BCUT2D eigenvalue weighted by atomic mass is 9.97. The Bertz CT molecular complexity index is 1240. The van der Waals surface area contributed by atoms with E-state index in [2.05, 4.69) is 15.2 Å². The minimum atomic E-state index is -0.0602. The molecule has 0 saturated carbocycles. The van der Waals surface area contributed by atoms with E-state index in [0.717, 1.165) is 29.3 Å². The Morgan fingerprint density at radius 1 is 1.16 bits per heavy atom. The van der Waals surface area contributed by atoms with Gasteiger partial charge in [-0.3, -0.25) is 9.48 Å². The van der Waals surface area contributed by atoms with Crippen molar-refractivity contribution in [2.75, 3.05) is 20.2 Å². The zero-order valence-corrected chi connectivity index (χ0v) is 17.5. The van der Waals surface area contributed by atoms with Crippen molar-refractivity contribution in [3.05, 3.63) is 60.0 Å². The van der Waals surface area contributed by atoms with Crippen LogP contribution in [0.25, 0.3) is 22.4 Å². The van der Waals surface area contributed by atoms with Gasteiger partial charge in [0.2, 0.25) is 0 Å². The average molecular weight is 417 g/mol. The Hall–Kier alpha value is -3.68. The van der Waals surface area contributed by atoms with Crippen LogP contribution in [0, 0.1) is 0 Å². The fourth-order valence-electron chi connectivity index (χ4n) is 4.23. The molecule has 1 amide bonds. The van der Waals surface area contributed by atoms with E-state index in [-0.39, 0.29) is 11.8 Å². The van der Waals surface area contributed by atoms with E-state index < -0.39 is 0 Å². The first-order valence-electron chi connectivity index (χ1n) is 10.3. The number of likely N-dealkylation sites (tertiary alicyclic amines) is 1. The fourth-order valence-corrected chi connectivity index (χ4v) is 4.23. The Morgan fingerprint density at radius 2 is 1.97 bits per heavy atom. The van der Waals surface area contributed by atoms with E-state index in [9.17, 15) is 4.79 Å². The first kappa shape index (κ1) is 19.3. The molecule has 1 unspecified atom stereocenters. The third kappa shape index (κ3) is 3.43. The molecular weight excluding hydrogens is 394 g/mol. The van der Waals surface area contributed by atoms with Gasteiger partial charge in [0.15, 0.2) is 11.5 Å². The second-order valence-electron chi connectivity index (χ2n) is 7.74. The van der Waals surface area contributed by atoms with Crippen LogP contribution in [-0.2, 0) is 7.05 Å². The lowest BCUT2D eigenvalue weighted by Crippen LogP contribution is -2.39. The normalized spacial score (nSPS) is 16.6. The molecule has 8 heteroatoms. The standard InChI is InChI=1S/C23H23N5O3/c1-27-18-11-5-3-9-16(18)20(25-27)23(29)28-13-7-8-15(14-28)21-24-22(31-26-21)17-10-4-6-12-19(17)30-2/h3-6,9-12,15H,7-8,13-14H2,1-2H3. The maximum atomic E-state index is 13.3. The minimum absolute atomic E-state index is 0.0138. The molecule has 1 aliphatic rings. The fraction of sp³-hybridized carbons (Fsp3) is 0.304. The topological polar surface area (TPSA) is 86.3 Å². The van der Waals surface area contributed by atoms with Crippen LogP contribution in [0.3, 0.4) is 0 Å². The van der Waals surface area contributed by atoms with Crippen LogP contribution in [-0.4, -0.2) is 50.9 Å². The van der Waals surface area contributed by atoms with Crippen LogP contribution in [0.5, 0.6) is 5.75 Å². The predicted molar refractivity (Wildman–Crippen MR) is 115 cm³/mol. The first-order chi connectivity index (χ1) is 15.2. The van der Waals surface area contributed by atoms with Gasteiger partial charge in [-0.25, -0.2) is 0 Å². The molecule has 3 heterocycles. The van der Waals surface area contributed by atoms with Gasteiger partial charge in [-0.1, -0.05) is 35.5 Å². The van der Waals surface area contributed by atoms with E-state index in [1.807, 2.05) is 60.5 Å². The van der Waals surface area contributed by atoms with E-state index in [4.69, 9.17) is 9.26 Å². The highest BCUT2D eigenvalue weighted by atomic mass is 16.5. The maximum absolute atomic E-state index is 13.3. The number of ether oxygens (including phenoxy) is 1. The molecule has 0 N–H and O–H groups in total. The largest absolute Gasteiger partial charge is 0.496 e. The number of nitrogens with zero attached hydrogens (tertiary/aromatic N) is 5. The molecule has 2 aromatic heterocycles. The molecule has 1 aliphatic heterocycles. The maximum Gasteiger partial charge on any atom is 0.275 e. The molecule has 2 aromatic carbocycles.